The molecule has 0 radical (unpaired) electrons. The van der Waals surface area contributed by atoms with Gasteiger partial charge in [-0.3, -0.25) is 24.5 Å². The van der Waals surface area contributed by atoms with Gasteiger partial charge in [-0.25, -0.2) is 4.79 Å². The van der Waals surface area contributed by atoms with E-state index in [-0.39, 0.29) is 12.3 Å². The zero-order valence-corrected chi connectivity index (χ0v) is 17.3. The highest BCUT2D eigenvalue weighted by Crippen LogP contribution is 2.32. The predicted molar refractivity (Wildman–Crippen MR) is 110 cm³/mol. The molecule has 1 aromatic carbocycles. The molecule has 9 nitrogen and oxygen atoms in total. The van der Waals surface area contributed by atoms with Crippen LogP contribution in [-0.4, -0.2) is 40.7 Å². The van der Waals surface area contributed by atoms with E-state index in [1.165, 1.54) is 6.92 Å². The molecule has 0 aromatic heterocycles. The molecular weight excluding hydrogens is 402 g/mol. The zero-order valence-electron chi connectivity index (χ0n) is 17.3. The lowest BCUT2D eigenvalue weighted by Crippen LogP contribution is -2.50. The van der Waals surface area contributed by atoms with Crippen molar-refractivity contribution in [3.63, 3.8) is 0 Å². The van der Waals surface area contributed by atoms with Crippen molar-refractivity contribution in [2.24, 2.45) is 17.8 Å². The number of ketones is 1. The molecule has 1 aliphatic carbocycles. The SMILES string of the molecule is C[C@@H]1C(=O)NC(=O)[C@H]1C(=O)C(NC(=O)C[C@H](NC(=O)O)c1ccccc1)C1CCCC1. The Morgan fingerprint density at radius 2 is 1.71 bits per heavy atom. The van der Waals surface area contributed by atoms with Crippen LogP contribution in [0.4, 0.5) is 4.79 Å². The minimum absolute atomic E-state index is 0.116. The number of Topliss-reactive ketones (excluding diaryl/α,β-unsaturated/α-hetero) is 1. The lowest BCUT2D eigenvalue weighted by atomic mass is 9.83. The van der Waals surface area contributed by atoms with Crippen molar-refractivity contribution in [3.05, 3.63) is 35.9 Å². The molecular formula is C22H27N3O6. The molecule has 0 spiro atoms. The summed E-state index contributed by atoms with van der Waals surface area (Å²) in [6, 6.07) is 7.02. The van der Waals surface area contributed by atoms with Crippen LogP contribution in [0.3, 0.4) is 0 Å². The summed E-state index contributed by atoms with van der Waals surface area (Å²) in [5.41, 5.74) is 0.623. The van der Waals surface area contributed by atoms with Gasteiger partial charge < -0.3 is 15.7 Å². The molecule has 1 aromatic rings. The molecule has 1 saturated carbocycles. The highest BCUT2D eigenvalue weighted by atomic mass is 16.4. The van der Waals surface area contributed by atoms with E-state index in [1.807, 2.05) is 0 Å². The van der Waals surface area contributed by atoms with E-state index in [4.69, 9.17) is 5.11 Å². The summed E-state index contributed by atoms with van der Waals surface area (Å²) in [7, 11) is 0. The Morgan fingerprint density at radius 1 is 1.06 bits per heavy atom. The van der Waals surface area contributed by atoms with Gasteiger partial charge in [0.2, 0.25) is 17.7 Å². The number of hydrogen-bond donors (Lipinski definition) is 4. The standard InChI is InChI=1S/C22H27N3O6/c1-12-17(21(29)25-20(12)28)19(27)18(14-9-5-6-10-14)24-16(26)11-15(23-22(30)31)13-7-3-2-4-8-13/h2-4,7-8,12,14-15,17-18,23H,5-6,9-11H2,1H3,(H,24,26)(H,30,31)(H,25,28,29)/t12-,15-,17+,18?/m0/s1. The van der Waals surface area contributed by atoms with Crippen LogP contribution in [-0.2, 0) is 19.2 Å². The zero-order chi connectivity index (χ0) is 22.5. The Kier molecular flexibility index (Phi) is 7.04. The molecule has 1 saturated heterocycles. The van der Waals surface area contributed by atoms with Crippen molar-refractivity contribution < 1.29 is 29.1 Å². The van der Waals surface area contributed by atoms with Gasteiger partial charge in [0.05, 0.1) is 24.4 Å². The molecule has 9 heteroatoms. The Labute approximate surface area is 180 Å². The first-order chi connectivity index (χ1) is 14.8. The van der Waals surface area contributed by atoms with E-state index in [1.54, 1.807) is 30.3 Å². The number of carbonyl (C=O) groups is 5. The van der Waals surface area contributed by atoms with Gasteiger partial charge in [-0.15, -0.1) is 0 Å². The average Bonchev–Trinajstić information content (AvgIpc) is 3.34. The summed E-state index contributed by atoms with van der Waals surface area (Å²) >= 11 is 0. The van der Waals surface area contributed by atoms with Gasteiger partial charge in [-0.2, -0.15) is 0 Å². The molecule has 0 bridgehead atoms. The molecule has 2 fully saturated rings. The maximum atomic E-state index is 13.2. The normalized spacial score (nSPS) is 23.1. The monoisotopic (exact) mass is 429 g/mol. The highest BCUT2D eigenvalue weighted by molar-refractivity contribution is 6.16. The molecule has 31 heavy (non-hydrogen) atoms. The van der Waals surface area contributed by atoms with Gasteiger partial charge in [-0.1, -0.05) is 50.1 Å². The molecule has 166 valence electrons. The second-order valence-corrected chi connectivity index (χ2v) is 8.23. The van der Waals surface area contributed by atoms with Crippen molar-refractivity contribution in [2.45, 2.75) is 51.1 Å². The molecule has 3 rings (SSSR count). The van der Waals surface area contributed by atoms with Crippen molar-refractivity contribution >= 4 is 29.6 Å². The van der Waals surface area contributed by atoms with E-state index in [9.17, 15) is 24.0 Å². The van der Waals surface area contributed by atoms with Gasteiger partial charge in [0, 0.05) is 0 Å². The van der Waals surface area contributed by atoms with Gasteiger partial charge in [0.1, 0.15) is 5.92 Å². The molecule has 4 amide bonds. The maximum Gasteiger partial charge on any atom is 0.405 e. The van der Waals surface area contributed by atoms with Crippen molar-refractivity contribution in [1.82, 2.24) is 16.0 Å². The first kappa shape index (κ1) is 22.5. The number of imide groups is 1. The largest absolute Gasteiger partial charge is 0.465 e. The molecule has 1 unspecified atom stereocenters. The molecule has 2 aliphatic rings. The van der Waals surface area contributed by atoms with Gasteiger partial charge >= 0.3 is 6.09 Å². The summed E-state index contributed by atoms with van der Waals surface area (Å²) in [5, 5.41) is 16.4. The first-order valence-corrected chi connectivity index (χ1v) is 10.5. The van der Waals surface area contributed by atoms with Crippen LogP contribution in [0.5, 0.6) is 0 Å². The summed E-state index contributed by atoms with van der Waals surface area (Å²) in [4.78, 5) is 61.3. The minimum Gasteiger partial charge on any atom is -0.465 e. The van der Waals surface area contributed by atoms with Crippen LogP contribution >= 0.6 is 0 Å². The van der Waals surface area contributed by atoms with Crippen LogP contribution in [0.15, 0.2) is 30.3 Å². The molecule has 1 heterocycles. The van der Waals surface area contributed by atoms with E-state index in [0.29, 0.717) is 5.56 Å². The second kappa shape index (κ2) is 9.72. The highest BCUT2D eigenvalue weighted by Gasteiger charge is 2.47. The van der Waals surface area contributed by atoms with Crippen LogP contribution in [0.25, 0.3) is 0 Å². The predicted octanol–water partition coefficient (Wildman–Crippen LogP) is 1.54. The van der Waals surface area contributed by atoms with Crippen molar-refractivity contribution in [2.75, 3.05) is 0 Å². The Bertz CT molecular complexity index is 865. The van der Waals surface area contributed by atoms with E-state index in [2.05, 4.69) is 16.0 Å². The Hall–Kier alpha value is -3.23. The van der Waals surface area contributed by atoms with Crippen LogP contribution in [0, 0.1) is 17.8 Å². The average molecular weight is 429 g/mol. The third-order valence-electron chi connectivity index (χ3n) is 6.13. The minimum atomic E-state index is -1.26. The quantitative estimate of drug-likeness (QED) is 0.365. The summed E-state index contributed by atoms with van der Waals surface area (Å²) in [6.45, 7) is 1.53. The molecule has 4 N–H and O–H groups in total. The number of carbonyl (C=O) groups excluding carboxylic acids is 4. The smallest absolute Gasteiger partial charge is 0.405 e. The van der Waals surface area contributed by atoms with Crippen LogP contribution < -0.4 is 16.0 Å². The first-order valence-electron chi connectivity index (χ1n) is 10.5. The topological polar surface area (TPSA) is 142 Å². The fourth-order valence-electron chi connectivity index (χ4n) is 4.48. The lowest BCUT2D eigenvalue weighted by molar-refractivity contribution is -0.137. The van der Waals surface area contributed by atoms with E-state index in [0.717, 1.165) is 25.7 Å². The lowest BCUT2D eigenvalue weighted by Gasteiger charge is -2.27. The van der Waals surface area contributed by atoms with Gasteiger partial charge in [-0.05, 0) is 24.3 Å². The molecule has 4 atom stereocenters. The Morgan fingerprint density at radius 3 is 2.26 bits per heavy atom. The number of hydrogen-bond acceptors (Lipinski definition) is 5. The summed E-state index contributed by atoms with van der Waals surface area (Å²) in [5.74, 6) is -4.10. The third kappa shape index (κ3) is 5.28. The van der Waals surface area contributed by atoms with Crippen LogP contribution in [0.1, 0.15) is 50.6 Å². The fraction of sp³-hybridized carbons (Fsp3) is 0.500. The van der Waals surface area contributed by atoms with Crippen molar-refractivity contribution in [3.8, 4) is 0 Å². The molecule has 1 aliphatic heterocycles. The number of benzene rings is 1. The van der Waals surface area contributed by atoms with Crippen LogP contribution in [0.2, 0.25) is 0 Å². The third-order valence-corrected chi connectivity index (χ3v) is 6.13. The van der Waals surface area contributed by atoms with E-state index < -0.39 is 53.5 Å². The van der Waals surface area contributed by atoms with Gasteiger partial charge in [0.15, 0.2) is 5.78 Å². The summed E-state index contributed by atoms with van der Waals surface area (Å²) < 4.78 is 0. The number of nitrogens with one attached hydrogen (secondary N) is 3. The van der Waals surface area contributed by atoms with E-state index >= 15 is 0 Å². The number of rotatable bonds is 8. The summed E-state index contributed by atoms with van der Waals surface area (Å²) in [6.07, 6.45) is 1.86. The second-order valence-electron chi connectivity index (χ2n) is 8.23. The number of carboxylic acid groups (broad SMARTS) is 1. The van der Waals surface area contributed by atoms with Crippen molar-refractivity contribution in [1.29, 1.82) is 0 Å². The number of amides is 4. The maximum absolute atomic E-state index is 13.2. The fourth-order valence-corrected chi connectivity index (χ4v) is 4.48. The van der Waals surface area contributed by atoms with Gasteiger partial charge in [0.25, 0.3) is 0 Å². The Balaban J connectivity index is 1.76.